The molecule has 0 spiro atoms. The first-order valence-electron chi connectivity index (χ1n) is 5.52. The fourth-order valence-electron chi connectivity index (χ4n) is 2.14. The summed E-state index contributed by atoms with van der Waals surface area (Å²) in [5.41, 5.74) is 3.59. The number of ether oxygens (including phenoxy) is 1. The fourth-order valence-corrected chi connectivity index (χ4v) is 2.14. The molecule has 1 aliphatic rings. The van der Waals surface area contributed by atoms with E-state index >= 15 is 0 Å². The molecule has 0 saturated carbocycles. The van der Waals surface area contributed by atoms with Crippen molar-refractivity contribution in [2.24, 2.45) is 0 Å². The van der Waals surface area contributed by atoms with Crippen LogP contribution >= 0.6 is 0 Å². The Bertz CT molecular complexity index is 565. The maximum Gasteiger partial charge on any atom is 0.265 e. The number of aryl methyl sites for hydroxylation is 1. The minimum atomic E-state index is -0.0550. The lowest BCUT2D eigenvalue weighted by molar-refractivity contribution is 0.0958. The molecule has 0 radical (unpaired) electrons. The lowest BCUT2D eigenvalue weighted by Crippen LogP contribution is -2.11. The van der Waals surface area contributed by atoms with E-state index in [1.165, 1.54) is 10.9 Å². The van der Waals surface area contributed by atoms with Crippen LogP contribution in [-0.2, 0) is 4.74 Å². The summed E-state index contributed by atoms with van der Waals surface area (Å²) in [6.07, 6.45) is 4.90. The van der Waals surface area contributed by atoms with E-state index in [2.05, 4.69) is 9.97 Å². The predicted octanol–water partition coefficient (Wildman–Crippen LogP) is 1.59. The van der Waals surface area contributed by atoms with E-state index in [0.29, 0.717) is 5.56 Å². The third-order valence-corrected chi connectivity index (χ3v) is 3.08. The first-order valence-corrected chi connectivity index (χ1v) is 5.52. The lowest BCUT2D eigenvalue weighted by Gasteiger charge is -2.02. The largest absolute Gasteiger partial charge is 0.366 e. The Kier molecular flexibility index (Phi) is 2.16. The summed E-state index contributed by atoms with van der Waals surface area (Å²) in [5, 5.41) is 0. The molecule has 1 saturated heterocycles. The van der Waals surface area contributed by atoms with Gasteiger partial charge in [0.05, 0.1) is 17.9 Å². The number of hydrogen-bond donors (Lipinski definition) is 1. The number of aromatic nitrogens is 3. The smallest absolute Gasteiger partial charge is 0.265 e. The molecular weight excluding hydrogens is 218 g/mol. The van der Waals surface area contributed by atoms with Crippen molar-refractivity contribution < 1.29 is 9.53 Å². The Balaban J connectivity index is 2.05. The van der Waals surface area contributed by atoms with E-state index in [0.717, 1.165) is 23.6 Å². The van der Waals surface area contributed by atoms with Crippen LogP contribution < -0.4 is 0 Å². The van der Waals surface area contributed by atoms with Crippen LogP contribution in [0.4, 0.5) is 0 Å². The van der Waals surface area contributed by atoms with Crippen molar-refractivity contribution >= 4 is 5.91 Å². The van der Waals surface area contributed by atoms with Crippen LogP contribution in [0.5, 0.6) is 0 Å². The van der Waals surface area contributed by atoms with Gasteiger partial charge in [-0.25, -0.2) is 4.98 Å². The summed E-state index contributed by atoms with van der Waals surface area (Å²) in [6.45, 7) is 4.59. The van der Waals surface area contributed by atoms with Gasteiger partial charge in [-0.1, -0.05) is 0 Å². The molecule has 0 aromatic carbocycles. The monoisotopic (exact) mass is 231 g/mol. The van der Waals surface area contributed by atoms with Crippen molar-refractivity contribution in [3.63, 3.8) is 0 Å². The predicted molar refractivity (Wildman–Crippen MR) is 60.9 cm³/mol. The van der Waals surface area contributed by atoms with Crippen molar-refractivity contribution in [3.05, 3.63) is 41.2 Å². The van der Waals surface area contributed by atoms with Crippen molar-refractivity contribution in [1.82, 2.24) is 14.5 Å². The van der Waals surface area contributed by atoms with Gasteiger partial charge < -0.3 is 9.72 Å². The molecule has 1 unspecified atom stereocenters. The van der Waals surface area contributed by atoms with Crippen LogP contribution in [0.25, 0.3) is 0 Å². The lowest BCUT2D eigenvalue weighted by atomic mass is 10.1. The molecule has 1 N–H and O–H groups in total. The number of hydrogen-bond acceptors (Lipinski definition) is 3. The number of nitrogens with zero attached hydrogens (tertiary/aromatic N) is 2. The van der Waals surface area contributed by atoms with Crippen LogP contribution in [-0.4, -0.2) is 27.0 Å². The molecule has 2 aromatic heterocycles. The Morgan fingerprint density at radius 3 is 2.94 bits per heavy atom. The van der Waals surface area contributed by atoms with Gasteiger partial charge in [-0.2, -0.15) is 0 Å². The summed E-state index contributed by atoms with van der Waals surface area (Å²) in [6, 6.07) is 0. The summed E-state index contributed by atoms with van der Waals surface area (Å²) < 4.78 is 6.74. The molecule has 3 heterocycles. The van der Waals surface area contributed by atoms with E-state index in [1.54, 1.807) is 12.4 Å². The number of epoxide rings is 1. The molecule has 5 nitrogen and oxygen atoms in total. The van der Waals surface area contributed by atoms with E-state index in [-0.39, 0.29) is 12.0 Å². The van der Waals surface area contributed by atoms with Gasteiger partial charge in [0, 0.05) is 18.1 Å². The number of carbonyl (C=O) groups is 1. The number of nitrogens with one attached hydrogen (secondary N) is 1. The highest BCUT2D eigenvalue weighted by atomic mass is 16.6. The quantitative estimate of drug-likeness (QED) is 0.798. The van der Waals surface area contributed by atoms with Gasteiger partial charge in [0.1, 0.15) is 12.4 Å². The van der Waals surface area contributed by atoms with Crippen molar-refractivity contribution in [2.75, 3.05) is 6.61 Å². The first-order chi connectivity index (χ1) is 8.18. The van der Waals surface area contributed by atoms with Gasteiger partial charge >= 0.3 is 0 Å². The van der Waals surface area contributed by atoms with E-state index in [4.69, 9.17) is 4.74 Å². The summed E-state index contributed by atoms with van der Waals surface area (Å²) in [4.78, 5) is 19.4. The molecule has 1 atom stereocenters. The van der Waals surface area contributed by atoms with Crippen LogP contribution in [0.2, 0.25) is 0 Å². The molecule has 88 valence electrons. The normalized spacial score (nSPS) is 18.4. The standard InChI is InChI=1S/C12H13N3O2/c1-7-10(12(16)15-4-3-13-6-15)8(2)14-11(7)9-5-17-9/h3-4,6,9,14H,5H2,1-2H3. The van der Waals surface area contributed by atoms with Crippen molar-refractivity contribution in [3.8, 4) is 0 Å². The number of carbonyl (C=O) groups excluding carboxylic acids is 1. The molecule has 1 aliphatic heterocycles. The minimum Gasteiger partial charge on any atom is -0.366 e. The van der Waals surface area contributed by atoms with Crippen molar-refractivity contribution in [1.29, 1.82) is 0 Å². The highest BCUT2D eigenvalue weighted by Crippen LogP contribution is 2.34. The SMILES string of the molecule is Cc1[nH]c(C2CO2)c(C)c1C(=O)n1ccnc1. The van der Waals surface area contributed by atoms with Crippen LogP contribution in [0.3, 0.4) is 0 Å². The summed E-state index contributed by atoms with van der Waals surface area (Å²) in [7, 11) is 0. The zero-order valence-electron chi connectivity index (χ0n) is 9.73. The van der Waals surface area contributed by atoms with E-state index in [9.17, 15) is 4.79 Å². The Morgan fingerprint density at radius 2 is 2.35 bits per heavy atom. The van der Waals surface area contributed by atoms with Crippen LogP contribution in [0.15, 0.2) is 18.7 Å². The topological polar surface area (TPSA) is 63.2 Å². The number of aromatic amines is 1. The van der Waals surface area contributed by atoms with Gasteiger partial charge in [0.25, 0.3) is 5.91 Å². The minimum absolute atomic E-state index is 0.0550. The molecule has 1 fully saturated rings. The molecule has 2 aromatic rings. The van der Waals surface area contributed by atoms with E-state index in [1.807, 2.05) is 13.8 Å². The van der Waals surface area contributed by atoms with Gasteiger partial charge in [0.15, 0.2) is 0 Å². The van der Waals surface area contributed by atoms with Gasteiger partial charge in [0.2, 0.25) is 0 Å². The Morgan fingerprint density at radius 1 is 1.59 bits per heavy atom. The average molecular weight is 231 g/mol. The van der Waals surface area contributed by atoms with Gasteiger partial charge in [-0.3, -0.25) is 9.36 Å². The van der Waals surface area contributed by atoms with Crippen molar-refractivity contribution in [2.45, 2.75) is 20.0 Å². The molecule has 17 heavy (non-hydrogen) atoms. The molecule has 0 aliphatic carbocycles. The molecule has 0 amide bonds. The third kappa shape index (κ3) is 1.59. The number of rotatable bonds is 2. The molecular formula is C12H13N3O2. The Labute approximate surface area is 98.4 Å². The number of H-pyrrole nitrogens is 1. The zero-order chi connectivity index (χ0) is 12.0. The fraction of sp³-hybridized carbons (Fsp3) is 0.333. The maximum absolute atomic E-state index is 12.3. The second-order valence-corrected chi connectivity index (χ2v) is 4.26. The average Bonchev–Trinajstić information content (AvgIpc) is 2.89. The van der Waals surface area contributed by atoms with Crippen LogP contribution in [0, 0.1) is 13.8 Å². The molecule has 0 bridgehead atoms. The molecule has 5 heteroatoms. The summed E-state index contributed by atoms with van der Waals surface area (Å²) in [5.74, 6) is -0.0550. The van der Waals surface area contributed by atoms with Gasteiger partial charge in [-0.15, -0.1) is 0 Å². The maximum atomic E-state index is 12.3. The third-order valence-electron chi connectivity index (χ3n) is 3.08. The second-order valence-electron chi connectivity index (χ2n) is 4.26. The first kappa shape index (κ1) is 10.3. The zero-order valence-corrected chi connectivity index (χ0v) is 9.73. The second kappa shape index (κ2) is 3.56. The molecule has 3 rings (SSSR count). The number of imidazole rings is 1. The van der Waals surface area contributed by atoms with Gasteiger partial charge in [-0.05, 0) is 19.4 Å². The highest BCUT2D eigenvalue weighted by molar-refractivity contribution is 5.98. The van der Waals surface area contributed by atoms with E-state index < -0.39 is 0 Å². The Hall–Kier alpha value is -1.88. The highest BCUT2D eigenvalue weighted by Gasteiger charge is 2.31. The summed E-state index contributed by atoms with van der Waals surface area (Å²) >= 11 is 0. The van der Waals surface area contributed by atoms with Crippen LogP contribution in [0.1, 0.15) is 33.4 Å².